The highest BCUT2D eigenvalue weighted by atomic mass is 35.5. The summed E-state index contributed by atoms with van der Waals surface area (Å²) in [5.74, 6) is -3.12. The molecule has 118 valence electrons. The van der Waals surface area contributed by atoms with Crippen LogP contribution in [0.2, 0.25) is 5.02 Å². The summed E-state index contributed by atoms with van der Waals surface area (Å²) in [7, 11) is -4.03. The van der Waals surface area contributed by atoms with Gasteiger partial charge in [0.2, 0.25) is 10.0 Å². The predicted molar refractivity (Wildman–Crippen MR) is 78.0 cm³/mol. The van der Waals surface area contributed by atoms with Gasteiger partial charge < -0.3 is 5.11 Å². The number of sulfonamides is 1. The van der Waals surface area contributed by atoms with Crippen molar-refractivity contribution in [1.82, 2.24) is 4.72 Å². The Kier molecular flexibility index (Phi) is 6.12. The zero-order valence-electron chi connectivity index (χ0n) is 11.6. The Balaban J connectivity index is 2.99. The van der Waals surface area contributed by atoms with Gasteiger partial charge in [-0.25, -0.2) is 17.5 Å². The van der Waals surface area contributed by atoms with E-state index < -0.39 is 39.5 Å². The van der Waals surface area contributed by atoms with Crippen molar-refractivity contribution in [3.05, 3.63) is 34.6 Å². The van der Waals surface area contributed by atoms with Gasteiger partial charge in [-0.3, -0.25) is 4.79 Å². The monoisotopic (exact) mass is 337 g/mol. The van der Waals surface area contributed by atoms with Gasteiger partial charge in [-0.2, -0.15) is 0 Å². The topological polar surface area (TPSA) is 83.5 Å². The van der Waals surface area contributed by atoms with E-state index in [-0.39, 0.29) is 10.6 Å². The number of rotatable bonds is 7. The number of nitrogens with one attached hydrogen (secondary N) is 1. The van der Waals surface area contributed by atoms with Crippen LogP contribution >= 0.6 is 11.6 Å². The van der Waals surface area contributed by atoms with Crippen LogP contribution in [0.4, 0.5) is 4.39 Å². The molecule has 0 aliphatic carbocycles. The summed E-state index contributed by atoms with van der Waals surface area (Å²) in [5, 5.41) is 9.07. The first-order valence-corrected chi connectivity index (χ1v) is 8.36. The molecule has 5 nitrogen and oxygen atoms in total. The van der Waals surface area contributed by atoms with Crippen LogP contribution in [-0.2, 0) is 20.6 Å². The second kappa shape index (κ2) is 7.20. The zero-order chi connectivity index (χ0) is 16.2. The van der Waals surface area contributed by atoms with Gasteiger partial charge in [0.15, 0.2) is 0 Å². The normalized spacial score (nSPS) is 14.7. The summed E-state index contributed by atoms with van der Waals surface area (Å²) in [6, 6.07) is 2.57. The molecule has 2 atom stereocenters. The molecule has 0 spiro atoms. The van der Waals surface area contributed by atoms with Crippen molar-refractivity contribution < 1.29 is 22.7 Å². The fourth-order valence-electron chi connectivity index (χ4n) is 1.74. The van der Waals surface area contributed by atoms with Crippen molar-refractivity contribution in [3.8, 4) is 0 Å². The van der Waals surface area contributed by atoms with E-state index in [0.29, 0.717) is 6.42 Å². The second-order valence-electron chi connectivity index (χ2n) is 4.78. The average molecular weight is 338 g/mol. The first kappa shape index (κ1) is 17.9. The first-order valence-electron chi connectivity index (χ1n) is 6.33. The molecule has 0 amide bonds. The van der Waals surface area contributed by atoms with Crippen LogP contribution in [0.3, 0.4) is 0 Å². The highest BCUT2D eigenvalue weighted by Gasteiger charge is 2.29. The summed E-state index contributed by atoms with van der Waals surface area (Å²) < 4.78 is 39.8. The quantitative estimate of drug-likeness (QED) is 0.800. The standard InChI is InChI=1S/C13H17ClFNO4S/c1-3-8(2)12(13(17)18)16-21(19,20)7-9-10(14)5-4-6-11(9)15/h4-6,8,12,16H,3,7H2,1-2H3,(H,17,18)/t8-,12-/m0/s1. The van der Waals surface area contributed by atoms with Crippen molar-refractivity contribution in [3.63, 3.8) is 0 Å². The van der Waals surface area contributed by atoms with E-state index in [1.54, 1.807) is 13.8 Å². The van der Waals surface area contributed by atoms with Crippen LogP contribution < -0.4 is 4.72 Å². The third kappa shape index (κ3) is 4.94. The van der Waals surface area contributed by atoms with E-state index in [1.807, 2.05) is 0 Å². The SMILES string of the molecule is CC[C@H](C)[C@H](NS(=O)(=O)Cc1c(F)cccc1Cl)C(=O)O. The van der Waals surface area contributed by atoms with E-state index >= 15 is 0 Å². The molecule has 8 heteroatoms. The Labute approximate surface area is 128 Å². The minimum atomic E-state index is -4.03. The Bertz CT molecular complexity index is 600. The van der Waals surface area contributed by atoms with Gasteiger partial charge in [-0.15, -0.1) is 0 Å². The number of hydrogen-bond donors (Lipinski definition) is 2. The maximum atomic E-state index is 13.6. The van der Waals surface area contributed by atoms with E-state index in [2.05, 4.69) is 4.72 Å². The number of aliphatic carboxylic acids is 1. The lowest BCUT2D eigenvalue weighted by atomic mass is 10.0. The molecule has 0 bridgehead atoms. The number of carboxylic acid groups (broad SMARTS) is 1. The lowest BCUT2D eigenvalue weighted by Crippen LogP contribution is -2.45. The molecule has 2 N–H and O–H groups in total. The van der Waals surface area contributed by atoms with Crippen LogP contribution in [0, 0.1) is 11.7 Å². The Morgan fingerprint density at radius 2 is 2.10 bits per heavy atom. The van der Waals surface area contributed by atoms with Crippen LogP contribution in [0.1, 0.15) is 25.8 Å². The Morgan fingerprint density at radius 1 is 1.48 bits per heavy atom. The van der Waals surface area contributed by atoms with Crippen molar-refractivity contribution in [1.29, 1.82) is 0 Å². The van der Waals surface area contributed by atoms with Crippen molar-refractivity contribution in [2.24, 2.45) is 5.92 Å². The zero-order valence-corrected chi connectivity index (χ0v) is 13.2. The van der Waals surface area contributed by atoms with Crippen LogP contribution in [0.15, 0.2) is 18.2 Å². The van der Waals surface area contributed by atoms with Gasteiger partial charge in [-0.05, 0) is 18.1 Å². The van der Waals surface area contributed by atoms with Gasteiger partial charge in [0.1, 0.15) is 11.9 Å². The minimum Gasteiger partial charge on any atom is -0.480 e. The molecular weight excluding hydrogens is 321 g/mol. The van der Waals surface area contributed by atoms with Gasteiger partial charge in [0.25, 0.3) is 0 Å². The average Bonchev–Trinajstić information content (AvgIpc) is 2.39. The largest absolute Gasteiger partial charge is 0.480 e. The summed E-state index contributed by atoms with van der Waals surface area (Å²) in [6.45, 7) is 3.38. The molecule has 0 fully saturated rings. The van der Waals surface area contributed by atoms with E-state index in [4.69, 9.17) is 16.7 Å². The van der Waals surface area contributed by atoms with Crippen molar-refractivity contribution in [2.75, 3.05) is 0 Å². The number of hydrogen-bond acceptors (Lipinski definition) is 3. The van der Waals surface area contributed by atoms with E-state index in [1.165, 1.54) is 12.1 Å². The smallest absolute Gasteiger partial charge is 0.322 e. The molecule has 0 aromatic heterocycles. The number of benzene rings is 1. The molecule has 21 heavy (non-hydrogen) atoms. The predicted octanol–water partition coefficient (Wildman–Crippen LogP) is 2.40. The molecule has 0 aliphatic heterocycles. The molecule has 1 aromatic rings. The van der Waals surface area contributed by atoms with Crippen molar-refractivity contribution in [2.45, 2.75) is 32.1 Å². The minimum absolute atomic E-state index is 0.0178. The molecular formula is C13H17ClFNO4S. The fourth-order valence-corrected chi connectivity index (χ4v) is 3.53. The molecule has 1 aromatic carbocycles. The second-order valence-corrected chi connectivity index (χ2v) is 6.94. The highest BCUT2D eigenvalue weighted by molar-refractivity contribution is 7.88. The highest BCUT2D eigenvalue weighted by Crippen LogP contribution is 2.21. The molecule has 0 saturated heterocycles. The van der Waals surface area contributed by atoms with E-state index in [9.17, 15) is 17.6 Å². The van der Waals surface area contributed by atoms with Crippen LogP contribution in [0.25, 0.3) is 0 Å². The lowest BCUT2D eigenvalue weighted by Gasteiger charge is -2.20. The summed E-state index contributed by atoms with van der Waals surface area (Å²) in [6.07, 6.45) is 0.486. The number of carbonyl (C=O) groups is 1. The molecule has 0 radical (unpaired) electrons. The molecule has 0 heterocycles. The van der Waals surface area contributed by atoms with Gasteiger partial charge in [0.05, 0.1) is 5.75 Å². The van der Waals surface area contributed by atoms with Crippen LogP contribution in [0.5, 0.6) is 0 Å². The summed E-state index contributed by atoms with van der Waals surface area (Å²) in [4.78, 5) is 11.1. The number of halogens is 2. The molecule has 0 aliphatic rings. The van der Waals surface area contributed by atoms with Gasteiger partial charge >= 0.3 is 5.97 Å². The van der Waals surface area contributed by atoms with Crippen LogP contribution in [-0.4, -0.2) is 25.5 Å². The molecule has 0 saturated carbocycles. The van der Waals surface area contributed by atoms with Gasteiger partial charge in [0, 0.05) is 10.6 Å². The van der Waals surface area contributed by atoms with E-state index in [0.717, 1.165) is 6.07 Å². The third-order valence-corrected chi connectivity index (χ3v) is 4.82. The fraction of sp³-hybridized carbons (Fsp3) is 0.462. The maximum absolute atomic E-state index is 13.6. The molecule has 0 unspecified atom stereocenters. The molecule has 1 rings (SSSR count). The number of carboxylic acids is 1. The summed E-state index contributed by atoms with van der Waals surface area (Å²) >= 11 is 5.78. The Hall–Kier alpha value is -1.18. The van der Waals surface area contributed by atoms with Gasteiger partial charge in [-0.1, -0.05) is 37.9 Å². The maximum Gasteiger partial charge on any atom is 0.322 e. The lowest BCUT2D eigenvalue weighted by molar-refractivity contribution is -0.140. The summed E-state index contributed by atoms with van der Waals surface area (Å²) in [5.41, 5.74) is -0.181. The first-order chi connectivity index (χ1) is 9.68. The Morgan fingerprint density at radius 3 is 2.57 bits per heavy atom. The third-order valence-electron chi connectivity index (χ3n) is 3.18. The van der Waals surface area contributed by atoms with Crippen molar-refractivity contribution >= 4 is 27.6 Å².